The first kappa shape index (κ1) is 24.8. The van der Waals surface area contributed by atoms with Gasteiger partial charge in [-0.15, -0.1) is 0 Å². The molecule has 0 aliphatic carbocycles. The number of fused-ring (bicyclic) bond motifs is 2. The van der Waals surface area contributed by atoms with Crippen LogP contribution in [0.15, 0.2) is 108 Å². The Kier molecular flexibility index (Phi) is 6.78. The molecular formula is C33H25NO4S. The summed E-state index contributed by atoms with van der Waals surface area (Å²) in [6, 6.07) is 33.8. The van der Waals surface area contributed by atoms with E-state index >= 15 is 0 Å². The van der Waals surface area contributed by atoms with Gasteiger partial charge in [-0.1, -0.05) is 91.0 Å². The fraction of sp³-hybridized carbons (Fsp3) is 0.0909. The van der Waals surface area contributed by atoms with Gasteiger partial charge >= 0.3 is 0 Å². The highest BCUT2D eigenvalue weighted by molar-refractivity contribution is 8.18. The highest BCUT2D eigenvalue weighted by Crippen LogP contribution is 2.36. The van der Waals surface area contributed by atoms with Gasteiger partial charge in [0.05, 0.1) is 18.6 Å². The van der Waals surface area contributed by atoms with Gasteiger partial charge in [0.15, 0.2) is 11.5 Å². The fourth-order valence-electron chi connectivity index (χ4n) is 4.86. The molecule has 192 valence electrons. The zero-order valence-corrected chi connectivity index (χ0v) is 22.1. The van der Waals surface area contributed by atoms with Crippen LogP contribution in [0.3, 0.4) is 0 Å². The number of carbonyl (C=O) groups is 2. The standard InChI is InChI=1S/C33H25NO4S/c1-37-30-18-22(16-17-29(30)38-21-26-13-7-11-24-9-3-5-15-28(24)26)19-31-32(35)34(33(36)39-31)20-25-12-6-10-23-8-2-4-14-27(23)25/h2-19H,20-21H2,1H3/b31-19+. The number of hydrogen-bond donors (Lipinski definition) is 0. The van der Waals surface area contributed by atoms with E-state index in [2.05, 4.69) is 24.3 Å². The summed E-state index contributed by atoms with van der Waals surface area (Å²) in [5, 5.41) is 4.14. The van der Waals surface area contributed by atoms with Crippen molar-refractivity contribution in [3.8, 4) is 11.5 Å². The van der Waals surface area contributed by atoms with E-state index in [0.29, 0.717) is 23.0 Å². The second-order valence-electron chi connectivity index (χ2n) is 9.24. The van der Waals surface area contributed by atoms with Gasteiger partial charge in [-0.05, 0) is 68.2 Å². The van der Waals surface area contributed by atoms with Gasteiger partial charge in [-0.25, -0.2) is 0 Å². The molecule has 0 bridgehead atoms. The van der Waals surface area contributed by atoms with Gasteiger partial charge in [0, 0.05) is 0 Å². The molecule has 0 N–H and O–H groups in total. The molecule has 5 aromatic carbocycles. The maximum atomic E-state index is 13.2. The molecule has 2 amide bonds. The maximum absolute atomic E-state index is 13.2. The Bertz CT molecular complexity index is 1750. The Balaban J connectivity index is 1.20. The number of benzene rings is 5. The third-order valence-corrected chi connectivity index (χ3v) is 7.74. The normalized spacial score (nSPS) is 14.5. The lowest BCUT2D eigenvalue weighted by molar-refractivity contribution is -0.123. The lowest BCUT2D eigenvalue weighted by atomic mass is 10.0. The van der Waals surface area contributed by atoms with Crippen molar-refractivity contribution in [2.24, 2.45) is 0 Å². The van der Waals surface area contributed by atoms with Crippen LogP contribution < -0.4 is 9.47 Å². The van der Waals surface area contributed by atoms with E-state index in [9.17, 15) is 9.59 Å². The molecule has 1 fully saturated rings. The topological polar surface area (TPSA) is 55.8 Å². The Morgan fingerprint density at radius 3 is 2.10 bits per heavy atom. The number of imide groups is 1. The summed E-state index contributed by atoms with van der Waals surface area (Å²) in [5.41, 5.74) is 2.77. The van der Waals surface area contributed by atoms with Crippen molar-refractivity contribution < 1.29 is 19.1 Å². The SMILES string of the molecule is COc1cc(/C=C2/SC(=O)N(Cc3cccc4ccccc34)C2=O)ccc1OCc1cccc2ccccc12. The first-order chi connectivity index (χ1) is 19.1. The summed E-state index contributed by atoms with van der Waals surface area (Å²) in [6.07, 6.45) is 1.73. The maximum Gasteiger partial charge on any atom is 0.293 e. The summed E-state index contributed by atoms with van der Waals surface area (Å²) in [7, 11) is 1.59. The smallest absolute Gasteiger partial charge is 0.293 e. The van der Waals surface area contributed by atoms with Crippen LogP contribution in [-0.2, 0) is 17.9 Å². The highest BCUT2D eigenvalue weighted by Gasteiger charge is 2.35. The number of thioether (sulfide) groups is 1. The minimum absolute atomic E-state index is 0.230. The van der Waals surface area contributed by atoms with Gasteiger partial charge in [0.2, 0.25) is 0 Å². The fourth-order valence-corrected chi connectivity index (χ4v) is 5.69. The van der Waals surface area contributed by atoms with E-state index < -0.39 is 0 Å². The summed E-state index contributed by atoms with van der Waals surface area (Å²) >= 11 is 0.954. The van der Waals surface area contributed by atoms with Crippen molar-refractivity contribution in [1.82, 2.24) is 4.90 Å². The number of carbonyl (C=O) groups excluding carboxylic acids is 2. The van der Waals surface area contributed by atoms with Crippen LogP contribution in [-0.4, -0.2) is 23.2 Å². The molecule has 0 radical (unpaired) electrons. The lowest BCUT2D eigenvalue weighted by Gasteiger charge is -2.14. The second kappa shape index (κ2) is 10.7. The molecule has 6 heteroatoms. The van der Waals surface area contributed by atoms with Gasteiger partial charge in [0.1, 0.15) is 6.61 Å². The number of ether oxygens (including phenoxy) is 2. The van der Waals surface area contributed by atoms with E-state index in [1.54, 1.807) is 13.2 Å². The van der Waals surface area contributed by atoms with Crippen molar-refractivity contribution in [2.45, 2.75) is 13.2 Å². The molecule has 0 unspecified atom stereocenters. The number of amides is 2. The minimum atomic E-state index is -0.298. The summed E-state index contributed by atoms with van der Waals surface area (Å²) < 4.78 is 11.7. The van der Waals surface area contributed by atoms with Crippen molar-refractivity contribution in [3.05, 3.63) is 125 Å². The third kappa shape index (κ3) is 4.99. The number of rotatable bonds is 7. The van der Waals surface area contributed by atoms with Crippen LogP contribution >= 0.6 is 11.8 Å². The predicted molar refractivity (Wildman–Crippen MR) is 157 cm³/mol. The van der Waals surface area contributed by atoms with Crippen LogP contribution in [0.4, 0.5) is 4.79 Å². The van der Waals surface area contributed by atoms with E-state index in [4.69, 9.17) is 9.47 Å². The predicted octanol–water partition coefficient (Wildman–Crippen LogP) is 7.82. The molecule has 0 aromatic heterocycles. The largest absolute Gasteiger partial charge is 0.493 e. The highest BCUT2D eigenvalue weighted by atomic mass is 32.2. The van der Waals surface area contributed by atoms with Gasteiger partial charge < -0.3 is 9.47 Å². The third-order valence-electron chi connectivity index (χ3n) is 6.83. The number of hydrogen-bond acceptors (Lipinski definition) is 5. The Labute approximate surface area is 230 Å². The molecule has 5 nitrogen and oxygen atoms in total. The molecule has 6 rings (SSSR count). The average molecular weight is 532 g/mol. The molecule has 0 saturated carbocycles. The van der Waals surface area contributed by atoms with Gasteiger partial charge in [-0.2, -0.15) is 0 Å². The van der Waals surface area contributed by atoms with Crippen molar-refractivity contribution in [3.63, 3.8) is 0 Å². The molecule has 0 atom stereocenters. The van der Waals surface area contributed by atoms with Crippen molar-refractivity contribution in [1.29, 1.82) is 0 Å². The van der Waals surface area contributed by atoms with Gasteiger partial charge in [0.25, 0.3) is 11.1 Å². The van der Waals surface area contributed by atoms with E-state index in [0.717, 1.165) is 50.0 Å². The molecule has 1 aliphatic rings. The van der Waals surface area contributed by atoms with Crippen LogP contribution in [0.2, 0.25) is 0 Å². The molecular weight excluding hydrogens is 506 g/mol. The van der Waals surface area contributed by atoms with Crippen molar-refractivity contribution in [2.75, 3.05) is 7.11 Å². The van der Waals surface area contributed by atoms with Gasteiger partial charge in [-0.3, -0.25) is 14.5 Å². The van der Waals surface area contributed by atoms with E-state index in [-0.39, 0.29) is 17.7 Å². The zero-order valence-electron chi connectivity index (χ0n) is 21.3. The first-order valence-electron chi connectivity index (χ1n) is 12.6. The molecule has 1 aliphatic heterocycles. The molecule has 1 heterocycles. The lowest BCUT2D eigenvalue weighted by Crippen LogP contribution is -2.27. The summed E-state index contributed by atoms with van der Waals surface area (Å²) in [6.45, 7) is 0.623. The monoisotopic (exact) mass is 531 g/mol. The van der Waals surface area contributed by atoms with Crippen LogP contribution in [0, 0.1) is 0 Å². The zero-order chi connectivity index (χ0) is 26.8. The number of methoxy groups -OCH3 is 1. The Morgan fingerprint density at radius 2 is 1.38 bits per heavy atom. The molecule has 1 saturated heterocycles. The quantitative estimate of drug-likeness (QED) is 0.200. The summed E-state index contributed by atoms with van der Waals surface area (Å²) in [4.78, 5) is 27.7. The first-order valence-corrected chi connectivity index (χ1v) is 13.4. The number of nitrogens with zero attached hydrogens (tertiary/aromatic N) is 1. The molecule has 0 spiro atoms. The molecule has 39 heavy (non-hydrogen) atoms. The minimum Gasteiger partial charge on any atom is -0.493 e. The second-order valence-corrected chi connectivity index (χ2v) is 10.2. The molecule has 5 aromatic rings. The Hall–Kier alpha value is -4.55. The van der Waals surface area contributed by atoms with E-state index in [1.165, 1.54) is 4.90 Å². The summed E-state index contributed by atoms with van der Waals surface area (Å²) in [5.74, 6) is 0.860. The van der Waals surface area contributed by atoms with Crippen LogP contribution in [0.1, 0.15) is 16.7 Å². The average Bonchev–Trinajstić information content (AvgIpc) is 3.23. The Morgan fingerprint density at radius 1 is 0.744 bits per heavy atom. The van der Waals surface area contributed by atoms with Crippen LogP contribution in [0.25, 0.3) is 27.6 Å². The van der Waals surface area contributed by atoms with E-state index in [1.807, 2.05) is 78.9 Å². The van der Waals surface area contributed by atoms with Crippen LogP contribution in [0.5, 0.6) is 11.5 Å². The van der Waals surface area contributed by atoms with Crippen molar-refractivity contribution >= 4 is 50.5 Å².